The van der Waals surface area contributed by atoms with Crippen LogP contribution >= 0.6 is 0 Å². The van der Waals surface area contributed by atoms with E-state index in [2.05, 4.69) is 159 Å². The SMILES string of the molecule is CCCCC1c2ccccc2-c2nc(-c3ccc4c5c(cccc35)-c3c-4c(-c4ccccc4)c4ccccc4c3-c3ccccc3)ccc21. The molecule has 1 aromatic heterocycles. The summed E-state index contributed by atoms with van der Waals surface area (Å²) in [6.45, 7) is 2.28. The molecule has 0 fully saturated rings. The third-order valence-electron chi connectivity index (χ3n) is 10.9. The average Bonchev–Trinajstić information content (AvgIpc) is 3.67. The fraction of sp³-hybridized carbons (Fsp3) is 0.104. The van der Waals surface area contributed by atoms with E-state index in [1.165, 1.54) is 108 Å². The molecule has 232 valence electrons. The van der Waals surface area contributed by atoms with Crippen LogP contribution in [-0.4, -0.2) is 4.98 Å². The van der Waals surface area contributed by atoms with Crippen LogP contribution < -0.4 is 0 Å². The van der Waals surface area contributed by atoms with Crippen molar-refractivity contribution in [1.29, 1.82) is 0 Å². The number of benzene rings is 7. The lowest BCUT2D eigenvalue weighted by Gasteiger charge is -2.20. The van der Waals surface area contributed by atoms with Gasteiger partial charge in [0.05, 0.1) is 11.4 Å². The van der Waals surface area contributed by atoms with Crippen LogP contribution in [0.5, 0.6) is 0 Å². The van der Waals surface area contributed by atoms with Gasteiger partial charge in [-0.25, -0.2) is 4.98 Å². The lowest BCUT2D eigenvalue weighted by atomic mass is 9.82. The number of nitrogens with zero attached hydrogens (tertiary/aromatic N) is 1. The first kappa shape index (κ1) is 28.2. The van der Waals surface area contributed by atoms with Gasteiger partial charge in [0.2, 0.25) is 0 Å². The summed E-state index contributed by atoms with van der Waals surface area (Å²) in [4.78, 5) is 5.48. The summed E-state index contributed by atoms with van der Waals surface area (Å²) in [5.74, 6) is 0.428. The third-order valence-corrected chi connectivity index (χ3v) is 10.9. The van der Waals surface area contributed by atoms with Gasteiger partial charge in [0, 0.05) is 17.0 Å². The largest absolute Gasteiger partial charge is 0.247 e. The zero-order valence-electron chi connectivity index (χ0n) is 27.6. The van der Waals surface area contributed by atoms with E-state index in [-0.39, 0.29) is 0 Å². The van der Waals surface area contributed by atoms with Gasteiger partial charge < -0.3 is 0 Å². The van der Waals surface area contributed by atoms with Crippen molar-refractivity contribution >= 4 is 21.5 Å². The lowest BCUT2D eigenvalue weighted by molar-refractivity contribution is 0.659. The molecular weight excluding hydrogens is 591 g/mol. The minimum Gasteiger partial charge on any atom is -0.247 e. The molecule has 10 rings (SSSR count). The van der Waals surface area contributed by atoms with Gasteiger partial charge in [0.15, 0.2) is 0 Å². The minimum atomic E-state index is 0.428. The third kappa shape index (κ3) is 4.15. The Balaban J connectivity index is 1.25. The summed E-state index contributed by atoms with van der Waals surface area (Å²) in [5, 5.41) is 5.15. The fourth-order valence-electron chi connectivity index (χ4n) is 8.85. The first-order valence-corrected chi connectivity index (χ1v) is 17.7. The molecule has 49 heavy (non-hydrogen) atoms. The van der Waals surface area contributed by atoms with E-state index < -0.39 is 0 Å². The average molecular weight is 626 g/mol. The molecule has 1 unspecified atom stereocenters. The van der Waals surface area contributed by atoms with Crippen LogP contribution in [0.2, 0.25) is 0 Å². The van der Waals surface area contributed by atoms with Crippen LogP contribution in [0, 0.1) is 0 Å². The molecular formula is C48H35N. The highest BCUT2D eigenvalue weighted by atomic mass is 14.7. The Morgan fingerprint density at radius 1 is 0.449 bits per heavy atom. The van der Waals surface area contributed by atoms with Gasteiger partial charge in [-0.3, -0.25) is 0 Å². The number of hydrogen-bond donors (Lipinski definition) is 0. The molecule has 2 aliphatic rings. The van der Waals surface area contributed by atoms with Gasteiger partial charge in [-0.15, -0.1) is 0 Å². The second-order valence-corrected chi connectivity index (χ2v) is 13.6. The van der Waals surface area contributed by atoms with Crippen molar-refractivity contribution in [3.8, 4) is 67.0 Å². The molecule has 0 bridgehead atoms. The predicted molar refractivity (Wildman–Crippen MR) is 207 cm³/mol. The number of unbranched alkanes of at least 4 members (excludes halogenated alkanes) is 1. The van der Waals surface area contributed by atoms with E-state index in [0.29, 0.717) is 5.92 Å². The molecule has 1 heteroatoms. The highest BCUT2D eigenvalue weighted by Gasteiger charge is 2.32. The minimum absolute atomic E-state index is 0.428. The van der Waals surface area contributed by atoms with Gasteiger partial charge in [-0.1, -0.05) is 165 Å². The molecule has 8 aromatic rings. The molecule has 0 aliphatic heterocycles. The summed E-state index contributed by atoms with van der Waals surface area (Å²) < 4.78 is 0. The Hall–Kier alpha value is -5.79. The highest BCUT2D eigenvalue weighted by Crippen LogP contribution is 2.58. The van der Waals surface area contributed by atoms with Crippen LogP contribution in [0.25, 0.3) is 88.6 Å². The van der Waals surface area contributed by atoms with Crippen molar-refractivity contribution in [1.82, 2.24) is 4.98 Å². The van der Waals surface area contributed by atoms with E-state index in [9.17, 15) is 0 Å². The molecule has 0 amide bonds. The summed E-state index contributed by atoms with van der Waals surface area (Å²) in [6.07, 6.45) is 3.60. The highest BCUT2D eigenvalue weighted by molar-refractivity contribution is 6.28. The summed E-state index contributed by atoms with van der Waals surface area (Å²) in [5.41, 5.74) is 17.9. The molecule has 1 nitrogen and oxygen atoms in total. The number of aromatic nitrogens is 1. The normalized spacial score (nSPS) is 13.9. The maximum Gasteiger partial charge on any atom is 0.0750 e. The number of fused-ring (bicyclic) bond motifs is 7. The zero-order valence-corrected chi connectivity index (χ0v) is 27.6. The van der Waals surface area contributed by atoms with Crippen molar-refractivity contribution in [3.05, 3.63) is 163 Å². The van der Waals surface area contributed by atoms with Gasteiger partial charge in [0.25, 0.3) is 0 Å². The first-order chi connectivity index (χ1) is 24.3. The lowest BCUT2D eigenvalue weighted by Crippen LogP contribution is -1.97. The van der Waals surface area contributed by atoms with Crippen molar-refractivity contribution in [3.63, 3.8) is 0 Å². The molecule has 0 saturated heterocycles. The number of rotatable bonds is 6. The Morgan fingerprint density at radius 2 is 1.02 bits per heavy atom. The number of pyridine rings is 1. The topological polar surface area (TPSA) is 12.9 Å². The zero-order chi connectivity index (χ0) is 32.5. The summed E-state index contributed by atoms with van der Waals surface area (Å²) >= 11 is 0. The van der Waals surface area contributed by atoms with Crippen molar-refractivity contribution < 1.29 is 0 Å². The molecule has 2 aliphatic carbocycles. The van der Waals surface area contributed by atoms with E-state index in [4.69, 9.17) is 4.98 Å². The molecule has 1 atom stereocenters. The second kappa shape index (κ2) is 11.1. The van der Waals surface area contributed by atoms with Gasteiger partial charge >= 0.3 is 0 Å². The van der Waals surface area contributed by atoms with E-state index in [1.807, 2.05) is 0 Å². The van der Waals surface area contributed by atoms with E-state index in [0.717, 1.165) is 11.4 Å². The smallest absolute Gasteiger partial charge is 0.0750 e. The Morgan fingerprint density at radius 3 is 1.71 bits per heavy atom. The molecule has 0 spiro atoms. The van der Waals surface area contributed by atoms with E-state index in [1.54, 1.807) is 0 Å². The Bertz CT molecular complexity index is 2490. The molecule has 7 aromatic carbocycles. The molecule has 0 radical (unpaired) electrons. The van der Waals surface area contributed by atoms with Gasteiger partial charge in [0.1, 0.15) is 0 Å². The second-order valence-electron chi connectivity index (χ2n) is 13.6. The predicted octanol–water partition coefficient (Wildman–Crippen LogP) is 13.3. The van der Waals surface area contributed by atoms with Crippen molar-refractivity contribution in [2.75, 3.05) is 0 Å². The molecule has 1 heterocycles. The maximum absolute atomic E-state index is 5.48. The van der Waals surface area contributed by atoms with Crippen molar-refractivity contribution in [2.24, 2.45) is 0 Å². The maximum atomic E-state index is 5.48. The van der Waals surface area contributed by atoms with Crippen molar-refractivity contribution in [2.45, 2.75) is 32.1 Å². The van der Waals surface area contributed by atoms with E-state index >= 15 is 0 Å². The first-order valence-electron chi connectivity index (χ1n) is 17.7. The van der Waals surface area contributed by atoms with Crippen LogP contribution in [0.4, 0.5) is 0 Å². The van der Waals surface area contributed by atoms with Crippen LogP contribution in [-0.2, 0) is 0 Å². The van der Waals surface area contributed by atoms with Crippen LogP contribution in [0.15, 0.2) is 152 Å². The number of hydrogen-bond acceptors (Lipinski definition) is 1. The van der Waals surface area contributed by atoms with Gasteiger partial charge in [-0.05, 0) is 89.7 Å². The molecule has 0 N–H and O–H groups in total. The molecule has 0 saturated carbocycles. The quantitative estimate of drug-likeness (QED) is 0.179. The Labute approximate surface area is 287 Å². The summed E-state index contributed by atoms with van der Waals surface area (Å²) in [6, 6.07) is 56.0. The monoisotopic (exact) mass is 625 g/mol. The summed E-state index contributed by atoms with van der Waals surface area (Å²) in [7, 11) is 0. The van der Waals surface area contributed by atoms with Crippen LogP contribution in [0.3, 0.4) is 0 Å². The van der Waals surface area contributed by atoms with Crippen LogP contribution in [0.1, 0.15) is 43.2 Å². The Kier molecular flexibility index (Phi) is 6.42. The van der Waals surface area contributed by atoms with Gasteiger partial charge in [-0.2, -0.15) is 0 Å². The standard InChI is InChI=1S/C48H35N/c1-2-3-19-32-33-20-10-13-23-38(33)48-39(32)28-29-42(49-48)34-26-27-41-45-35(34)24-14-25-40(45)46-43(30-15-6-4-7-16-30)36-21-11-12-22-37(36)44(47(41)46)31-17-8-5-9-18-31/h4-18,20-29,32H,2-3,19H2,1H3. The fourth-order valence-corrected chi connectivity index (χ4v) is 8.85.